The molecule has 0 saturated heterocycles. The third kappa shape index (κ3) is 6.87. The topological polar surface area (TPSA) is 181 Å². The molecule has 0 aliphatic heterocycles. The van der Waals surface area contributed by atoms with Crippen molar-refractivity contribution < 1.29 is 9.59 Å². The van der Waals surface area contributed by atoms with Crippen LogP contribution in [0.2, 0.25) is 0 Å². The molecular weight excluding hydrogens is 1150 g/mol. The van der Waals surface area contributed by atoms with E-state index in [4.69, 9.17) is 9.97 Å². The second kappa shape index (κ2) is 17.4. The van der Waals surface area contributed by atoms with Crippen molar-refractivity contribution in [1.29, 1.82) is 21.0 Å². The SMILES string of the molecule is CC1(C)c2c(sc3c2C(C)(C)c2c-3sc3cc(-c4ncc(-c5cnc(/C=C6\C(=O)c7ccccc7C6=C(C#N)C#N)s5)s4)sc23)-c2sc3cc(-c4ncc(-c5cnc(/C=C6\C(=O)c7ccccc7C6=C(C#N)C#N)s5)s4)sc3c21. The molecule has 19 heteroatoms. The Bertz CT molecular complexity index is 4630. The molecule has 9 aromatic heterocycles. The Labute approximate surface area is 485 Å². The number of fused-ring (bicyclic) bond motifs is 13. The van der Waals surface area contributed by atoms with Gasteiger partial charge in [-0.2, -0.15) is 21.0 Å². The molecule has 4 aliphatic rings. The van der Waals surface area contributed by atoms with Gasteiger partial charge in [0.15, 0.2) is 11.6 Å². The maximum atomic E-state index is 13.5. The van der Waals surface area contributed by atoms with E-state index < -0.39 is 0 Å². The summed E-state index contributed by atoms with van der Waals surface area (Å²) in [5, 5.41) is 42.2. The fourth-order valence-corrected chi connectivity index (χ4v) is 23.1. The quantitative estimate of drug-likeness (QED) is 0.115. The number of thiophene rings is 5. The van der Waals surface area contributed by atoms with Gasteiger partial charge in [-0.05, 0) is 57.7 Å². The number of thiazole rings is 4. The van der Waals surface area contributed by atoms with Gasteiger partial charge in [0.2, 0.25) is 0 Å². The molecule has 0 radical (unpaired) electrons. The first-order valence-electron chi connectivity index (χ1n) is 24.3. The van der Waals surface area contributed by atoms with Crippen LogP contribution in [-0.2, 0) is 10.8 Å². The summed E-state index contributed by atoms with van der Waals surface area (Å²) in [7, 11) is 0. The summed E-state index contributed by atoms with van der Waals surface area (Å²) in [4.78, 5) is 57.8. The highest BCUT2D eigenvalue weighted by atomic mass is 32.1. The van der Waals surface area contributed by atoms with Gasteiger partial charge in [0.25, 0.3) is 0 Å². The second-order valence-corrected chi connectivity index (χ2v) is 29.4. The third-order valence-electron chi connectivity index (χ3n) is 14.9. The molecule has 9 heterocycles. The number of hydrogen-bond acceptors (Lipinski definition) is 19. The van der Waals surface area contributed by atoms with Crippen LogP contribution in [0.4, 0.5) is 0 Å². The molecule has 0 amide bonds. The molecule has 10 nitrogen and oxygen atoms in total. The molecule has 374 valence electrons. The molecule has 0 atom stereocenters. The predicted molar refractivity (Wildman–Crippen MR) is 324 cm³/mol. The van der Waals surface area contributed by atoms with Crippen molar-refractivity contribution in [3.63, 3.8) is 0 Å². The summed E-state index contributed by atoms with van der Waals surface area (Å²) in [6.07, 6.45) is 10.8. The van der Waals surface area contributed by atoms with Gasteiger partial charge < -0.3 is 0 Å². The summed E-state index contributed by atoms with van der Waals surface area (Å²) in [6, 6.07) is 26.6. The summed E-state index contributed by atoms with van der Waals surface area (Å²) >= 11 is 15.5. The van der Waals surface area contributed by atoms with E-state index in [2.05, 4.69) is 49.8 Å². The van der Waals surface area contributed by atoms with Gasteiger partial charge in [0, 0.05) is 88.2 Å². The van der Waals surface area contributed by atoms with Crippen LogP contribution in [0.25, 0.3) is 101 Å². The monoisotopic (exact) mass is 1180 g/mol. The number of carbonyl (C=O) groups excluding carboxylic acids is 2. The summed E-state index contributed by atoms with van der Waals surface area (Å²) in [5.41, 5.74) is 8.48. The standard InChI is InChI=1S/C60H28N8O2S9/c1-59(2)45-46-54(56-48(60(46,3)4)52-34(74-56)16-36(76-52)58-68-24-40(78-58)38-22-66-42(72-38)14-32-44(26(19-63)20-64)28-10-6-8-12-30(28)50(32)70)79-53(45)55-47(59)51-33(73-55)15-35(75-51)57-67-23-39(77-57)37-21-65-41(71-37)13-31-43(25(17-61)18-62)27-9-5-7-11-29(27)49(31)69/h5-16,21-24H,1-4H3/b31-13-,32-14-. The van der Waals surface area contributed by atoms with Crippen LogP contribution in [0.15, 0.2) is 108 Å². The Morgan fingerprint density at radius 3 is 1.22 bits per heavy atom. The van der Waals surface area contributed by atoms with Gasteiger partial charge in [0.1, 0.15) is 55.5 Å². The minimum Gasteiger partial charge on any atom is -0.289 e. The second-order valence-electron chi connectivity index (χ2n) is 20.0. The van der Waals surface area contributed by atoms with Crippen LogP contribution in [0.1, 0.15) is 91.8 Å². The Morgan fingerprint density at radius 2 is 0.810 bits per heavy atom. The highest BCUT2D eigenvalue weighted by molar-refractivity contribution is 7.36. The van der Waals surface area contributed by atoms with Crippen molar-refractivity contribution in [2.45, 2.75) is 38.5 Å². The van der Waals surface area contributed by atoms with E-state index in [-0.39, 0.29) is 33.5 Å². The Kier molecular flexibility index (Phi) is 10.6. The smallest absolute Gasteiger partial charge is 0.194 e. The third-order valence-corrected chi connectivity index (χ3v) is 25.9. The molecule has 15 rings (SSSR count). The van der Waals surface area contributed by atoms with Gasteiger partial charge >= 0.3 is 0 Å². The number of benzene rings is 2. The summed E-state index contributed by atoms with van der Waals surface area (Å²) < 4.78 is 5.18. The molecule has 0 saturated carbocycles. The van der Waals surface area contributed by atoms with Gasteiger partial charge in [-0.3, -0.25) is 9.59 Å². The molecule has 79 heavy (non-hydrogen) atoms. The minimum atomic E-state index is -0.228. The van der Waals surface area contributed by atoms with Gasteiger partial charge in [-0.1, -0.05) is 76.2 Å². The van der Waals surface area contributed by atoms with Crippen LogP contribution in [0.3, 0.4) is 0 Å². The molecule has 0 spiro atoms. The fourth-order valence-electron chi connectivity index (χ4n) is 11.5. The zero-order valence-corrected chi connectivity index (χ0v) is 48.7. The molecule has 2 aromatic carbocycles. The molecule has 0 N–H and O–H groups in total. The number of nitrogens with zero attached hydrogens (tertiary/aromatic N) is 8. The molecule has 11 aromatic rings. The number of nitriles is 4. The van der Waals surface area contributed by atoms with E-state index >= 15 is 0 Å². The van der Waals surface area contributed by atoms with Crippen molar-refractivity contribution in [3.8, 4) is 83.1 Å². The lowest BCUT2D eigenvalue weighted by Crippen LogP contribution is -2.23. The Morgan fingerprint density at radius 1 is 0.443 bits per heavy atom. The molecular formula is C60H28N8O2S9. The van der Waals surface area contributed by atoms with Crippen LogP contribution in [0, 0.1) is 45.3 Å². The summed E-state index contributed by atoms with van der Waals surface area (Å²) in [6.45, 7) is 9.60. The van der Waals surface area contributed by atoms with Crippen molar-refractivity contribution in [3.05, 3.63) is 162 Å². The maximum absolute atomic E-state index is 13.5. The number of allylic oxidation sites excluding steroid dienone is 6. The average molecular weight is 1180 g/mol. The average Bonchev–Trinajstić information content (AvgIpc) is 2.49. The first kappa shape index (κ1) is 48.4. The van der Waals surface area contributed by atoms with Crippen LogP contribution >= 0.6 is 102 Å². The number of carbonyl (C=O) groups is 2. The zero-order chi connectivity index (χ0) is 54.0. The van der Waals surface area contributed by atoms with E-state index in [0.29, 0.717) is 54.6 Å². The number of Topliss-reactive ketones (excluding diaryl/α,β-unsaturated/α-hetero) is 2. The van der Waals surface area contributed by atoms with E-state index in [0.717, 1.165) is 39.3 Å². The minimum absolute atomic E-state index is 0.101. The van der Waals surface area contributed by atoms with E-state index in [9.17, 15) is 30.6 Å². The largest absolute Gasteiger partial charge is 0.289 e. The lowest BCUT2D eigenvalue weighted by atomic mass is 9.74. The van der Waals surface area contributed by atoms with E-state index in [1.54, 1.807) is 95.8 Å². The fraction of sp³-hybridized carbons (Fsp3) is 0.100. The lowest BCUT2D eigenvalue weighted by Gasteiger charge is -2.28. The number of rotatable bonds is 6. The summed E-state index contributed by atoms with van der Waals surface area (Å²) in [5.74, 6) is -0.457. The van der Waals surface area contributed by atoms with Crippen LogP contribution in [0.5, 0.6) is 0 Å². The molecule has 0 bridgehead atoms. The van der Waals surface area contributed by atoms with Crippen LogP contribution < -0.4 is 0 Å². The Hall–Kier alpha value is -7.76. The van der Waals surface area contributed by atoms with Crippen molar-refractivity contribution >= 4 is 156 Å². The Balaban J connectivity index is 0.696. The van der Waals surface area contributed by atoms with Crippen LogP contribution in [-0.4, -0.2) is 31.5 Å². The maximum Gasteiger partial charge on any atom is 0.194 e. The molecule has 0 fully saturated rings. The van der Waals surface area contributed by atoms with Crippen molar-refractivity contribution in [2.24, 2.45) is 0 Å². The predicted octanol–water partition coefficient (Wildman–Crippen LogP) is 17.6. The normalized spacial score (nSPS) is 16.1. The first-order valence-corrected chi connectivity index (χ1v) is 31.6. The van der Waals surface area contributed by atoms with Gasteiger partial charge in [0.05, 0.1) is 48.4 Å². The highest BCUT2D eigenvalue weighted by Crippen LogP contribution is 2.69. The van der Waals surface area contributed by atoms with Crippen molar-refractivity contribution in [2.75, 3.05) is 0 Å². The molecule has 0 unspecified atom stereocenters. The van der Waals surface area contributed by atoms with Gasteiger partial charge in [-0.25, -0.2) is 19.9 Å². The lowest BCUT2D eigenvalue weighted by molar-refractivity contribution is 0.103. The van der Waals surface area contributed by atoms with Crippen molar-refractivity contribution in [1.82, 2.24) is 19.9 Å². The zero-order valence-electron chi connectivity index (χ0n) is 41.3. The van der Waals surface area contributed by atoms with E-state index in [1.165, 1.54) is 83.2 Å². The first-order chi connectivity index (χ1) is 38.3. The molecule has 4 aliphatic carbocycles. The number of ketones is 2. The van der Waals surface area contributed by atoms with Gasteiger partial charge in [-0.15, -0.1) is 102 Å². The highest BCUT2D eigenvalue weighted by Gasteiger charge is 2.51. The number of hydrogen-bond donors (Lipinski definition) is 0. The number of aromatic nitrogens is 4. The van der Waals surface area contributed by atoms with E-state index in [1.807, 2.05) is 93.4 Å².